The van der Waals surface area contributed by atoms with E-state index in [1.165, 1.54) is 0 Å². The van der Waals surface area contributed by atoms with Crippen LogP contribution in [0, 0.1) is 0 Å². The summed E-state index contributed by atoms with van der Waals surface area (Å²) in [4.78, 5) is 3.02. The Labute approximate surface area is 121 Å². The van der Waals surface area contributed by atoms with E-state index in [1.54, 1.807) is 6.20 Å². The van der Waals surface area contributed by atoms with E-state index in [4.69, 9.17) is 15.9 Å². The predicted octanol–water partition coefficient (Wildman–Crippen LogP) is -1.22. The van der Waals surface area contributed by atoms with Gasteiger partial charge in [-0.1, -0.05) is 18.2 Å². The number of benzene rings is 1. The topological polar surface area (TPSA) is 143 Å². The summed E-state index contributed by atoms with van der Waals surface area (Å²) in [6.07, 6.45) is -2.70. The average Bonchev–Trinajstić information content (AvgIpc) is 2.81. The number of fused-ring (bicyclic) bond motifs is 1. The highest BCUT2D eigenvalue weighted by Gasteiger charge is 2.38. The van der Waals surface area contributed by atoms with E-state index in [0.29, 0.717) is 5.56 Å². The standard InChI is InChI=1S/C14H20N2O5/c15-10(12(17)18)6-14(21,13(19)20)5-8-7-16-11-4-2-1-3-9(8)11/h1-4,7,10,12-13,16-21H,5-6,15H2/t10-,14-/m1/s1. The molecule has 0 bridgehead atoms. The van der Waals surface area contributed by atoms with Gasteiger partial charge in [0.1, 0.15) is 5.60 Å². The molecular weight excluding hydrogens is 276 g/mol. The number of aliphatic hydroxyl groups excluding tert-OH is 2. The van der Waals surface area contributed by atoms with E-state index in [1.807, 2.05) is 24.3 Å². The van der Waals surface area contributed by atoms with Crippen LogP contribution < -0.4 is 5.73 Å². The molecule has 2 rings (SSSR count). The molecule has 0 unspecified atom stereocenters. The molecule has 0 fully saturated rings. The van der Waals surface area contributed by atoms with Crippen LogP contribution in [0.2, 0.25) is 0 Å². The van der Waals surface area contributed by atoms with E-state index in [9.17, 15) is 15.3 Å². The summed E-state index contributed by atoms with van der Waals surface area (Å²) >= 11 is 0. The van der Waals surface area contributed by atoms with E-state index in [-0.39, 0.29) is 12.8 Å². The van der Waals surface area contributed by atoms with Gasteiger partial charge in [-0.05, 0) is 11.6 Å². The van der Waals surface area contributed by atoms with Crippen molar-refractivity contribution in [2.24, 2.45) is 5.73 Å². The molecule has 0 aliphatic carbocycles. The van der Waals surface area contributed by atoms with Gasteiger partial charge in [0, 0.05) is 29.9 Å². The number of rotatable bonds is 6. The number of aromatic nitrogens is 1. The maximum atomic E-state index is 10.4. The second-order valence-corrected chi connectivity index (χ2v) is 5.30. The van der Waals surface area contributed by atoms with Crippen LogP contribution in [0.25, 0.3) is 10.9 Å². The lowest BCUT2D eigenvalue weighted by molar-refractivity contribution is -0.195. The zero-order valence-corrected chi connectivity index (χ0v) is 11.3. The zero-order chi connectivity index (χ0) is 15.6. The Hall–Kier alpha value is -1.48. The number of hydrogen-bond donors (Lipinski definition) is 7. The second kappa shape index (κ2) is 6.10. The molecule has 0 saturated carbocycles. The van der Waals surface area contributed by atoms with Gasteiger partial charge in [-0.25, -0.2) is 0 Å². The highest BCUT2D eigenvalue weighted by Crippen LogP contribution is 2.27. The Balaban J connectivity index is 2.27. The lowest BCUT2D eigenvalue weighted by atomic mass is 9.87. The Morgan fingerprint density at radius 3 is 2.43 bits per heavy atom. The molecule has 0 saturated heterocycles. The molecule has 8 N–H and O–H groups in total. The quantitative estimate of drug-likeness (QED) is 0.333. The lowest BCUT2D eigenvalue weighted by Gasteiger charge is -2.32. The van der Waals surface area contributed by atoms with Gasteiger partial charge in [-0.15, -0.1) is 0 Å². The van der Waals surface area contributed by atoms with Crippen LogP contribution in [0.4, 0.5) is 0 Å². The Kier molecular flexibility index (Phi) is 4.62. The molecule has 2 atom stereocenters. The van der Waals surface area contributed by atoms with Crippen LogP contribution in [-0.4, -0.2) is 54.7 Å². The molecule has 21 heavy (non-hydrogen) atoms. The lowest BCUT2D eigenvalue weighted by Crippen LogP contribution is -2.51. The minimum Gasteiger partial charge on any atom is -0.384 e. The maximum Gasteiger partial charge on any atom is 0.181 e. The van der Waals surface area contributed by atoms with Crippen molar-refractivity contribution in [3.63, 3.8) is 0 Å². The molecule has 2 aromatic rings. The van der Waals surface area contributed by atoms with Crippen LogP contribution in [0.15, 0.2) is 30.5 Å². The third kappa shape index (κ3) is 3.41. The zero-order valence-electron chi connectivity index (χ0n) is 11.3. The molecular formula is C14H20N2O5. The van der Waals surface area contributed by atoms with Gasteiger partial charge in [0.25, 0.3) is 0 Å². The highest BCUT2D eigenvalue weighted by atomic mass is 16.5. The van der Waals surface area contributed by atoms with E-state index >= 15 is 0 Å². The van der Waals surface area contributed by atoms with Gasteiger partial charge in [0.2, 0.25) is 0 Å². The van der Waals surface area contributed by atoms with Crippen molar-refractivity contribution in [3.8, 4) is 0 Å². The number of aromatic amines is 1. The summed E-state index contributed by atoms with van der Waals surface area (Å²) in [6.45, 7) is 0. The molecule has 1 aromatic carbocycles. The van der Waals surface area contributed by atoms with Gasteiger partial charge in [-0.2, -0.15) is 0 Å². The molecule has 7 heteroatoms. The monoisotopic (exact) mass is 296 g/mol. The molecule has 0 aliphatic heterocycles. The van der Waals surface area contributed by atoms with Crippen LogP contribution in [0.1, 0.15) is 12.0 Å². The summed E-state index contributed by atoms with van der Waals surface area (Å²) in [5.41, 5.74) is 5.05. The van der Waals surface area contributed by atoms with Crippen molar-refractivity contribution in [1.82, 2.24) is 4.98 Å². The van der Waals surface area contributed by atoms with Gasteiger partial charge in [0.05, 0.1) is 6.04 Å². The van der Waals surface area contributed by atoms with Crippen molar-refractivity contribution in [2.75, 3.05) is 0 Å². The summed E-state index contributed by atoms with van der Waals surface area (Å²) in [7, 11) is 0. The summed E-state index contributed by atoms with van der Waals surface area (Å²) in [5.74, 6) is 0. The fourth-order valence-electron chi connectivity index (χ4n) is 2.39. The van der Waals surface area contributed by atoms with Crippen molar-refractivity contribution < 1.29 is 25.5 Å². The summed E-state index contributed by atoms with van der Waals surface area (Å²) in [6, 6.07) is 6.19. The molecule has 7 nitrogen and oxygen atoms in total. The van der Waals surface area contributed by atoms with Gasteiger partial charge in [0.15, 0.2) is 12.6 Å². The first kappa shape index (κ1) is 15.9. The van der Waals surface area contributed by atoms with E-state index < -0.39 is 24.2 Å². The largest absolute Gasteiger partial charge is 0.384 e. The van der Waals surface area contributed by atoms with Crippen LogP contribution >= 0.6 is 0 Å². The second-order valence-electron chi connectivity index (χ2n) is 5.30. The van der Waals surface area contributed by atoms with Crippen molar-refractivity contribution in [2.45, 2.75) is 37.1 Å². The third-order valence-electron chi connectivity index (χ3n) is 3.62. The third-order valence-corrected chi connectivity index (χ3v) is 3.62. The fraction of sp³-hybridized carbons (Fsp3) is 0.429. The Bertz CT molecular complexity index is 598. The first-order valence-corrected chi connectivity index (χ1v) is 6.59. The average molecular weight is 296 g/mol. The highest BCUT2D eigenvalue weighted by molar-refractivity contribution is 5.83. The predicted molar refractivity (Wildman–Crippen MR) is 76.0 cm³/mol. The molecule has 1 aromatic heterocycles. The van der Waals surface area contributed by atoms with Crippen LogP contribution in [-0.2, 0) is 6.42 Å². The smallest absolute Gasteiger partial charge is 0.181 e. The molecule has 0 aliphatic rings. The number of nitrogens with two attached hydrogens (primary N) is 1. The Morgan fingerprint density at radius 2 is 1.81 bits per heavy atom. The maximum absolute atomic E-state index is 10.4. The van der Waals surface area contributed by atoms with E-state index in [0.717, 1.165) is 10.9 Å². The molecule has 1 heterocycles. The van der Waals surface area contributed by atoms with Crippen molar-refractivity contribution in [3.05, 3.63) is 36.0 Å². The number of aliphatic hydroxyl groups is 5. The minimum absolute atomic E-state index is 0.0882. The van der Waals surface area contributed by atoms with Crippen LogP contribution in [0.3, 0.4) is 0 Å². The van der Waals surface area contributed by atoms with Crippen molar-refractivity contribution >= 4 is 10.9 Å². The number of para-hydroxylation sites is 1. The molecule has 0 amide bonds. The normalized spacial score (nSPS) is 16.6. The molecule has 0 spiro atoms. The summed E-state index contributed by atoms with van der Waals surface area (Å²) in [5, 5.41) is 48.2. The fourth-order valence-corrected chi connectivity index (χ4v) is 2.39. The molecule has 0 radical (unpaired) electrons. The number of hydrogen-bond acceptors (Lipinski definition) is 6. The van der Waals surface area contributed by atoms with E-state index in [2.05, 4.69) is 4.98 Å². The number of H-pyrrole nitrogens is 1. The minimum atomic E-state index is -2.06. The first-order valence-electron chi connectivity index (χ1n) is 6.59. The number of nitrogens with one attached hydrogen (secondary N) is 1. The Morgan fingerprint density at radius 1 is 1.14 bits per heavy atom. The van der Waals surface area contributed by atoms with Crippen LogP contribution in [0.5, 0.6) is 0 Å². The summed E-state index contributed by atoms with van der Waals surface area (Å²) < 4.78 is 0. The SMILES string of the molecule is N[C@H](C[C@](O)(Cc1c[nH]c2ccccc12)C(O)O)C(O)O. The van der Waals surface area contributed by atoms with Gasteiger partial charge >= 0.3 is 0 Å². The van der Waals surface area contributed by atoms with Crippen molar-refractivity contribution in [1.29, 1.82) is 0 Å². The van der Waals surface area contributed by atoms with Gasteiger partial charge < -0.3 is 36.3 Å². The first-order chi connectivity index (χ1) is 9.83. The molecule has 116 valence electrons. The van der Waals surface area contributed by atoms with Gasteiger partial charge in [-0.3, -0.25) is 0 Å².